The maximum Gasteiger partial charge on any atom is 0.228 e. The van der Waals surface area contributed by atoms with Gasteiger partial charge >= 0.3 is 0 Å². The molecule has 21 heavy (non-hydrogen) atoms. The fraction of sp³-hybridized carbons (Fsp3) is 0.375. The molecule has 2 aliphatic carbocycles. The number of allylic oxidation sites excluding steroid dienone is 2. The molecule has 1 saturated carbocycles. The highest BCUT2D eigenvalue weighted by atomic mass is 35.5. The first-order valence-electron chi connectivity index (χ1n) is 6.94. The van der Waals surface area contributed by atoms with E-state index in [1.807, 2.05) is 19.1 Å². The largest absolute Gasteiger partial charge is 0.550 e. The van der Waals surface area contributed by atoms with Gasteiger partial charge in [0, 0.05) is 22.6 Å². The third-order valence-corrected chi connectivity index (χ3v) is 4.97. The first-order valence-corrected chi connectivity index (χ1v) is 7.32. The maximum absolute atomic E-state index is 12.5. The van der Waals surface area contributed by atoms with Crippen LogP contribution in [0.15, 0.2) is 30.4 Å². The predicted molar refractivity (Wildman–Crippen MR) is 77.5 cm³/mol. The Labute approximate surface area is 127 Å². The van der Waals surface area contributed by atoms with Crippen LogP contribution in [0.3, 0.4) is 0 Å². The van der Waals surface area contributed by atoms with E-state index in [9.17, 15) is 14.7 Å². The maximum atomic E-state index is 12.5. The van der Waals surface area contributed by atoms with Gasteiger partial charge in [-0.05, 0) is 42.9 Å². The minimum Gasteiger partial charge on any atom is -0.550 e. The second kappa shape index (κ2) is 5.19. The van der Waals surface area contributed by atoms with Crippen molar-refractivity contribution in [3.63, 3.8) is 0 Å². The predicted octanol–water partition coefficient (Wildman–Crippen LogP) is 1.78. The Morgan fingerprint density at radius 1 is 1.24 bits per heavy atom. The van der Waals surface area contributed by atoms with E-state index in [0.717, 1.165) is 5.56 Å². The van der Waals surface area contributed by atoms with Crippen LogP contribution in [0, 0.1) is 30.6 Å². The number of carboxylic acid groups (broad SMARTS) is 1. The molecule has 0 saturated heterocycles. The molecule has 0 spiro atoms. The average Bonchev–Trinajstić information content (AvgIpc) is 3.04. The van der Waals surface area contributed by atoms with Crippen LogP contribution in [0.4, 0.5) is 5.69 Å². The van der Waals surface area contributed by atoms with Gasteiger partial charge in [-0.25, -0.2) is 0 Å². The molecular weight excluding hydrogens is 290 g/mol. The van der Waals surface area contributed by atoms with Crippen LogP contribution in [0.5, 0.6) is 0 Å². The highest BCUT2D eigenvalue weighted by Crippen LogP contribution is 2.48. The molecule has 2 aliphatic rings. The first-order chi connectivity index (χ1) is 9.99. The van der Waals surface area contributed by atoms with Gasteiger partial charge in [-0.2, -0.15) is 0 Å². The third kappa shape index (κ3) is 2.33. The van der Waals surface area contributed by atoms with Gasteiger partial charge in [0.1, 0.15) is 0 Å². The standard InChI is InChI=1S/C16H16ClNO3/c1-8-11(17)3-2-4-12(8)18-15(19)13-9-5-6-10(7-9)14(13)16(20)21/h2-6,9-10,13-14H,7H2,1H3,(H,18,19)(H,20,21)/p-1/t9-,10+,13+,14+/m1/s1. The monoisotopic (exact) mass is 304 g/mol. The summed E-state index contributed by atoms with van der Waals surface area (Å²) in [5, 5.41) is 14.7. The number of fused-ring (bicyclic) bond motifs is 2. The van der Waals surface area contributed by atoms with E-state index in [0.29, 0.717) is 17.1 Å². The summed E-state index contributed by atoms with van der Waals surface area (Å²) in [6, 6.07) is 5.26. The first kappa shape index (κ1) is 14.1. The number of nitrogens with one attached hydrogen (secondary N) is 1. The van der Waals surface area contributed by atoms with Crippen LogP contribution in [-0.4, -0.2) is 11.9 Å². The molecule has 0 radical (unpaired) electrons. The van der Waals surface area contributed by atoms with Crippen LogP contribution < -0.4 is 10.4 Å². The highest BCUT2D eigenvalue weighted by Gasteiger charge is 2.48. The molecule has 1 N–H and O–H groups in total. The number of rotatable bonds is 3. The fourth-order valence-corrected chi connectivity index (χ4v) is 3.63. The molecule has 1 amide bonds. The Morgan fingerprint density at radius 2 is 1.90 bits per heavy atom. The van der Waals surface area contributed by atoms with Crippen molar-refractivity contribution in [2.45, 2.75) is 13.3 Å². The normalized spacial score (nSPS) is 29.6. The Balaban J connectivity index is 1.84. The number of halogens is 1. The van der Waals surface area contributed by atoms with Gasteiger partial charge in [-0.3, -0.25) is 4.79 Å². The second-order valence-corrected chi connectivity index (χ2v) is 6.13. The third-order valence-electron chi connectivity index (χ3n) is 4.56. The van der Waals surface area contributed by atoms with E-state index >= 15 is 0 Å². The number of anilines is 1. The summed E-state index contributed by atoms with van der Waals surface area (Å²) in [6.07, 6.45) is 4.55. The van der Waals surface area contributed by atoms with E-state index in [2.05, 4.69) is 5.32 Å². The zero-order chi connectivity index (χ0) is 15.1. The van der Waals surface area contributed by atoms with Crippen LogP contribution in [0.1, 0.15) is 12.0 Å². The molecule has 0 aliphatic heterocycles. The molecule has 0 heterocycles. The second-order valence-electron chi connectivity index (χ2n) is 5.72. The van der Waals surface area contributed by atoms with E-state index in [4.69, 9.17) is 11.6 Å². The number of amides is 1. The summed E-state index contributed by atoms with van der Waals surface area (Å²) in [7, 11) is 0. The van der Waals surface area contributed by atoms with Gasteiger partial charge in [0.15, 0.2) is 0 Å². The van der Waals surface area contributed by atoms with Gasteiger partial charge in [-0.1, -0.05) is 29.8 Å². The molecule has 2 bridgehead atoms. The molecule has 0 aromatic heterocycles. The van der Waals surface area contributed by atoms with Crippen molar-refractivity contribution in [3.8, 4) is 0 Å². The fourth-order valence-electron chi connectivity index (χ4n) is 3.46. The summed E-state index contributed by atoms with van der Waals surface area (Å²) in [5.41, 5.74) is 1.40. The quantitative estimate of drug-likeness (QED) is 0.865. The molecule has 3 rings (SSSR count). The van der Waals surface area contributed by atoms with Gasteiger partial charge < -0.3 is 15.2 Å². The summed E-state index contributed by atoms with van der Waals surface area (Å²) in [6.45, 7) is 1.81. The topological polar surface area (TPSA) is 69.2 Å². The van der Waals surface area contributed by atoms with Crippen LogP contribution >= 0.6 is 11.6 Å². The molecule has 1 aromatic carbocycles. The van der Waals surface area contributed by atoms with Gasteiger partial charge in [-0.15, -0.1) is 0 Å². The van der Waals surface area contributed by atoms with Gasteiger partial charge in [0.2, 0.25) is 5.91 Å². The van der Waals surface area contributed by atoms with Crippen LogP contribution in [0.25, 0.3) is 0 Å². The van der Waals surface area contributed by atoms with E-state index < -0.39 is 17.8 Å². The Hall–Kier alpha value is -1.81. The number of carboxylic acids is 1. The Morgan fingerprint density at radius 3 is 2.57 bits per heavy atom. The summed E-state index contributed by atoms with van der Waals surface area (Å²) in [5.74, 6) is -2.82. The lowest BCUT2D eigenvalue weighted by Gasteiger charge is -2.28. The van der Waals surface area contributed by atoms with Crippen LogP contribution in [-0.2, 0) is 9.59 Å². The minimum atomic E-state index is -1.14. The van der Waals surface area contributed by atoms with Crippen molar-refractivity contribution in [3.05, 3.63) is 40.9 Å². The molecule has 0 unspecified atom stereocenters. The number of hydrogen-bond acceptors (Lipinski definition) is 3. The molecule has 4 nitrogen and oxygen atoms in total. The van der Waals surface area contributed by atoms with E-state index in [-0.39, 0.29) is 17.7 Å². The molecule has 4 atom stereocenters. The zero-order valence-electron chi connectivity index (χ0n) is 11.5. The zero-order valence-corrected chi connectivity index (χ0v) is 12.3. The lowest BCUT2D eigenvalue weighted by atomic mass is 9.82. The molecule has 1 fully saturated rings. The summed E-state index contributed by atoms with van der Waals surface area (Å²) in [4.78, 5) is 23.8. The van der Waals surface area contributed by atoms with E-state index in [1.165, 1.54) is 0 Å². The van der Waals surface area contributed by atoms with Crippen molar-refractivity contribution >= 4 is 29.2 Å². The van der Waals surface area contributed by atoms with Crippen molar-refractivity contribution in [1.82, 2.24) is 0 Å². The Kier molecular flexibility index (Phi) is 3.49. The Bertz CT molecular complexity index is 640. The minimum absolute atomic E-state index is 0.0163. The molecule has 5 heteroatoms. The smallest absolute Gasteiger partial charge is 0.228 e. The van der Waals surface area contributed by atoms with E-state index in [1.54, 1.807) is 18.2 Å². The number of benzene rings is 1. The lowest BCUT2D eigenvalue weighted by molar-refractivity contribution is -0.313. The highest BCUT2D eigenvalue weighted by molar-refractivity contribution is 6.31. The van der Waals surface area contributed by atoms with Crippen molar-refractivity contribution < 1.29 is 14.7 Å². The number of carbonyl (C=O) groups is 2. The average molecular weight is 305 g/mol. The SMILES string of the molecule is Cc1c(Cl)cccc1NC(=O)[C@@H]1[C@@H](C(=O)[O-])[C@H]2C=C[C@@H]1C2. The summed E-state index contributed by atoms with van der Waals surface area (Å²) < 4.78 is 0. The van der Waals surface area contributed by atoms with Crippen molar-refractivity contribution in [1.29, 1.82) is 0 Å². The lowest BCUT2D eigenvalue weighted by Crippen LogP contribution is -2.42. The molecule has 1 aromatic rings. The van der Waals surface area contributed by atoms with Gasteiger partial charge in [0.25, 0.3) is 0 Å². The number of aliphatic carboxylic acids is 1. The number of carbonyl (C=O) groups excluding carboxylic acids is 2. The van der Waals surface area contributed by atoms with Crippen molar-refractivity contribution in [2.75, 3.05) is 5.32 Å². The van der Waals surface area contributed by atoms with Gasteiger partial charge in [0.05, 0.1) is 5.92 Å². The van der Waals surface area contributed by atoms with Crippen molar-refractivity contribution in [2.24, 2.45) is 23.7 Å². The van der Waals surface area contributed by atoms with Crippen LogP contribution in [0.2, 0.25) is 5.02 Å². The molecule has 110 valence electrons. The summed E-state index contributed by atoms with van der Waals surface area (Å²) >= 11 is 6.03. The number of hydrogen-bond donors (Lipinski definition) is 1. The molecular formula is C16H15ClNO3-.